The maximum Gasteiger partial charge on any atom is 0.269 e. The fraction of sp³-hybridized carbons (Fsp3) is 0.389. The van der Waals surface area contributed by atoms with Crippen molar-refractivity contribution >= 4 is 23.7 Å². The Kier molecular flexibility index (Phi) is 2.81. The molecular weight excluding hydrogens is 322 g/mol. The molecule has 0 radical (unpaired) electrons. The number of amides is 2. The summed E-state index contributed by atoms with van der Waals surface area (Å²) in [6.45, 7) is 0. The van der Waals surface area contributed by atoms with Crippen LogP contribution in [0.25, 0.3) is 0 Å². The van der Waals surface area contributed by atoms with Crippen LogP contribution in [0.1, 0.15) is 12.0 Å². The fourth-order valence-corrected chi connectivity index (χ4v) is 4.86. The van der Waals surface area contributed by atoms with Crippen molar-refractivity contribution in [3.05, 3.63) is 52.1 Å². The highest BCUT2D eigenvalue weighted by Crippen LogP contribution is 2.65. The summed E-state index contributed by atoms with van der Waals surface area (Å²) in [5, 5.41) is 15.8. The van der Waals surface area contributed by atoms with Crippen molar-refractivity contribution in [1.82, 2.24) is 5.01 Å². The maximum atomic E-state index is 12.7. The molecule has 1 aliphatic heterocycles. The molecule has 3 fully saturated rings. The lowest BCUT2D eigenvalue weighted by Crippen LogP contribution is -2.40. The van der Waals surface area contributed by atoms with Crippen LogP contribution in [0.5, 0.6) is 0 Å². The molecule has 7 nitrogen and oxygen atoms in total. The molecule has 1 aromatic carbocycles. The number of hydrazone groups is 1. The molecule has 126 valence electrons. The van der Waals surface area contributed by atoms with Gasteiger partial charge in [0.1, 0.15) is 0 Å². The van der Waals surface area contributed by atoms with Gasteiger partial charge in [0, 0.05) is 12.1 Å². The third-order valence-electron chi connectivity index (χ3n) is 6.07. The lowest BCUT2D eigenvalue weighted by Gasteiger charge is -2.37. The number of non-ortho nitro benzene ring substituents is 1. The van der Waals surface area contributed by atoms with Gasteiger partial charge in [-0.15, -0.1) is 0 Å². The Labute approximate surface area is 143 Å². The Morgan fingerprint density at radius 3 is 2.12 bits per heavy atom. The third kappa shape index (κ3) is 1.95. The van der Waals surface area contributed by atoms with Gasteiger partial charge >= 0.3 is 0 Å². The number of benzene rings is 1. The second-order valence-electron chi connectivity index (χ2n) is 7.24. The highest BCUT2D eigenvalue weighted by Gasteiger charge is 2.67. The summed E-state index contributed by atoms with van der Waals surface area (Å²) in [6, 6.07) is 5.82. The molecular formula is C18H15N3O4. The van der Waals surface area contributed by atoms with Gasteiger partial charge in [0.15, 0.2) is 0 Å². The van der Waals surface area contributed by atoms with Crippen LogP contribution in [0.2, 0.25) is 0 Å². The Morgan fingerprint density at radius 1 is 1.04 bits per heavy atom. The number of hydrogen-bond acceptors (Lipinski definition) is 5. The van der Waals surface area contributed by atoms with E-state index in [1.54, 1.807) is 12.1 Å². The number of allylic oxidation sites excluding steroid dienone is 2. The number of nitro benzene ring substituents is 1. The van der Waals surface area contributed by atoms with E-state index in [1.807, 2.05) is 0 Å². The molecule has 1 heterocycles. The average Bonchev–Trinajstić information content (AvgIpc) is 3.39. The van der Waals surface area contributed by atoms with Crippen LogP contribution in [0.3, 0.4) is 0 Å². The molecule has 7 heteroatoms. The van der Waals surface area contributed by atoms with Crippen LogP contribution in [0.15, 0.2) is 41.5 Å². The lowest BCUT2D eigenvalue weighted by atomic mass is 9.63. The molecule has 25 heavy (non-hydrogen) atoms. The SMILES string of the molecule is O=C1[C@@H]2[C@H]3C=C[C@@H]([C@@H]4C[C@H]34)[C@@H]2C(=O)N1N=Cc1ccc([N+](=O)[O-])cc1. The molecule has 2 saturated carbocycles. The van der Waals surface area contributed by atoms with Gasteiger partial charge in [-0.3, -0.25) is 19.7 Å². The maximum absolute atomic E-state index is 12.7. The first-order chi connectivity index (χ1) is 12.1. The van der Waals surface area contributed by atoms with Gasteiger partial charge < -0.3 is 0 Å². The molecule has 2 amide bonds. The highest BCUT2D eigenvalue weighted by molar-refractivity contribution is 6.06. The summed E-state index contributed by atoms with van der Waals surface area (Å²) < 4.78 is 0. The summed E-state index contributed by atoms with van der Waals surface area (Å²) in [5.74, 6) is 0.529. The van der Waals surface area contributed by atoms with Crippen LogP contribution in [-0.4, -0.2) is 28.0 Å². The van der Waals surface area contributed by atoms with Gasteiger partial charge in [-0.25, -0.2) is 0 Å². The standard InChI is InChI=1S/C18H15N3O4/c22-17-15-11-5-6-12(14-7-13(11)14)16(15)18(23)20(17)19-8-9-1-3-10(4-2-9)21(24)25/h1-6,8,11-16H,7H2/t11-,12-,13-,14+,15-,16+/m0/s1. The predicted octanol–water partition coefficient (Wildman–Crippen LogP) is 1.98. The van der Waals surface area contributed by atoms with E-state index in [9.17, 15) is 19.7 Å². The molecule has 4 aliphatic carbocycles. The van der Waals surface area contributed by atoms with Crippen molar-refractivity contribution in [3.63, 3.8) is 0 Å². The smallest absolute Gasteiger partial charge is 0.269 e. The minimum absolute atomic E-state index is 0.0154. The van der Waals surface area contributed by atoms with E-state index < -0.39 is 4.92 Å². The first-order valence-corrected chi connectivity index (χ1v) is 8.41. The fourth-order valence-electron chi connectivity index (χ4n) is 4.86. The van der Waals surface area contributed by atoms with E-state index in [0.717, 1.165) is 11.4 Å². The number of carbonyl (C=O) groups excluding carboxylic acids is 2. The van der Waals surface area contributed by atoms with E-state index in [1.165, 1.54) is 18.3 Å². The minimum atomic E-state index is -0.479. The summed E-state index contributed by atoms with van der Waals surface area (Å²) >= 11 is 0. The minimum Gasteiger partial charge on any atom is -0.272 e. The van der Waals surface area contributed by atoms with Crippen LogP contribution >= 0.6 is 0 Å². The van der Waals surface area contributed by atoms with E-state index >= 15 is 0 Å². The predicted molar refractivity (Wildman–Crippen MR) is 87.2 cm³/mol. The van der Waals surface area contributed by atoms with Crippen molar-refractivity contribution in [3.8, 4) is 0 Å². The molecule has 5 aliphatic rings. The molecule has 6 rings (SSSR count). The van der Waals surface area contributed by atoms with Crippen molar-refractivity contribution < 1.29 is 14.5 Å². The van der Waals surface area contributed by atoms with Crippen LogP contribution < -0.4 is 0 Å². The van der Waals surface area contributed by atoms with E-state index in [-0.39, 0.29) is 41.2 Å². The molecule has 0 aromatic heterocycles. The number of carbonyl (C=O) groups is 2. The van der Waals surface area contributed by atoms with Gasteiger partial charge in [0.25, 0.3) is 17.5 Å². The van der Waals surface area contributed by atoms with Gasteiger partial charge in [0.05, 0.1) is 23.0 Å². The van der Waals surface area contributed by atoms with Crippen LogP contribution in [-0.2, 0) is 9.59 Å². The second kappa shape index (κ2) is 4.84. The third-order valence-corrected chi connectivity index (χ3v) is 6.07. The lowest BCUT2D eigenvalue weighted by molar-refractivity contribution is -0.384. The number of nitrogens with zero attached hydrogens (tertiary/aromatic N) is 3. The van der Waals surface area contributed by atoms with Gasteiger partial charge in [-0.2, -0.15) is 10.1 Å². The van der Waals surface area contributed by atoms with Crippen LogP contribution in [0.4, 0.5) is 5.69 Å². The normalized spacial score (nSPS) is 37.5. The largest absolute Gasteiger partial charge is 0.272 e. The first-order valence-electron chi connectivity index (χ1n) is 8.41. The number of rotatable bonds is 3. The monoisotopic (exact) mass is 337 g/mol. The first kappa shape index (κ1) is 14.5. The van der Waals surface area contributed by atoms with Gasteiger partial charge in [-0.1, -0.05) is 12.2 Å². The van der Waals surface area contributed by atoms with Crippen molar-refractivity contribution in [2.75, 3.05) is 0 Å². The second-order valence-corrected chi connectivity index (χ2v) is 7.24. The number of hydrogen-bond donors (Lipinski definition) is 0. The Bertz CT molecular complexity index is 824. The molecule has 1 saturated heterocycles. The highest BCUT2D eigenvalue weighted by atomic mass is 16.6. The molecule has 0 unspecified atom stereocenters. The van der Waals surface area contributed by atoms with Crippen molar-refractivity contribution in [1.29, 1.82) is 0 Å². The molecule has 6 atom stereocenters. The van der Waals surface area contributed by atoms with Gasteiger partial charge in [0.2, 0.25) is 0 Å². The summed E-state index contributed by atoms with van der Waals surface area (Å²) in [6.07, 6.45) is 6.78. The molecule has 0 spiro atoms. The van der Waals surface area contributed by atoms with Crippen molar-refractivity contribution in [2.24, 2.45) is 40.6 Å². The quantitative estimate of drug-likeness (QED) is 0.277. The Hall–Kier alpha value is -2.83. The van der Waals surface area contributed by atoms with Crippen LogP contribution in [0, 0.1) is 45.6 Å². The summed E-state index contributed by atoms with van der Waals surface area (Å²) in [4.78, 5) is 35.7. The summed E-state index contributed by atoms with van der Waals surface area (Å²) in [5.41, 5.74) is 0.586. The zero-order valence-corrected chi connectivity index (χ0v) is 13.2. The zero-order chi connectivity index (χ0) is 17.3. The van der Waals surface area contributed by atoms with Crippen molar-refractivity contribution in [2.45, 2.75) is 6.42 Å². The Morgan fingerprint density at radius 2 is 1.60 bits per heavy atom. The molecule has 0 N–H and O–H groups in total. The van der Waals surface area contributed by atoms with E-state index in [2.05, 4.69) is 17.3 Å². The molecule has 2 bridgehead atoms. The number of imide groups is 1. The Balaban J connectivity index is 1.39. The molecule has 1 aromatic rings. The average molecular weight is 337 g/mol. The van der Waals surface area contributed by atoms with E-state index in [0.29, 0.717) is 17.4 Å². The number of nitro groups is 1. The van der Waals surface area contributed by atoms with Gasteiger partial charge in [-0.05, 0) is 47.8 Å². The topological polar surface area (TPSA) is 92.9 Å². The van der Waals surface area contributed by atoms with E-state index in [4.69, 9.17) is 0 Å². The summed E-state index contributed by atoms with van der Waals surface area (Å²) in [7, 11) is 0. The zero-order valence-electron chi connectivity index (χ0n) is 13.2.